The number of para-hydroxylation sites is 1. The molecule has 7 heteroatoms. The number of nitrogens with zero attached hydrogens (tertiary/aromatic N) is 1. The van der Waals surface area contributed by atoms with E-state index in [-0.39, 0.29) is 11.3 Å². The number of rotatable bonds is 5. The second kappa shape index (κ2) is 11.7. The number of benzene rings is 3. The number of phenols is 1. The molecule has 6 nitrogen and oxygen atoms in total. The summed E-state index contributed by atoms with van der Waals surface area (Å²) in [6, 6.07) is 27.4. The number of nitrogens with one attached hydrogen (secondary N) is 1. The van der Waals surface area contributed by atoms with E-state index in [1.54, 1.807) is 12.1 Å². The van der Waals surface area contributed by atoms with Crippen LogP contribution in [-0.2, 0) is 4.79 Å². The van der Waals surface area contributed by atoms with Crippen LogP contribution in [0.25, 0.3) is 0 Å². The average molecular weight is 495 g/mol. The molecule has 0 saturated carbocycles. The van der Waals surface area contributed by atoms with Crippen molar-refractivity contribution >= 4 is 45.9 Å². The van der Waals surface area contributed by atoms with Crippen LogP contribution in [0, 0.1) is 0 Å². The normalized spacial score (nSPS) is 10.4. The first kappa shape index (κ1) is 22.2. The summed E-state index contributed by atoms with van der Waals surface area (Å²) in [4.78, 5) is 22.0. The molecule has 0 saturated heterocycles. The number of carbonyl (C=O) groups excluding carboxylic acids is 2. The molecular formula is C22H20N2O4Sn. The van der Waals surface area contributed by atoms with Crippen molar-refractivity contribution in [3.05, 3.63) is 90.5 Å². The molecule has 0 fully saturated rings. The van der Waals surface area contributed by atoms with Crippen LogP contribution < -0.4 is 12.6 Å². The van der Waals surface area contributed by atoms with Crippen LogP contribution in [0.4, 0.5) is 0 Å². The minimum atomic E-state index is -0.802. The Morgan fingerprint density at radius 1 is 0.828 bits per heavy atom. The van der Waals surface area contributed by atoms with Gasteiger partial charge in [0.1, 0.15) is 5.75 Å². The number of hydrogen-bond acceptors (Lipinski definition) is 4. The second-order valence-electron chi connectivity index (χ2n) is 5.81. The fourth-order valence-electron chi connectivity index (χ4n) is 2.12. The number of hydrazone groups is 1. The molecule has 146 valence electrons. The summed E-state index contributed by atoms with van der Waals surface area (Å²) in [5.74, 6) is -2.40. The zero-order chi connectivity index (χ0) is 21.1. The van der Waals surface area contributed by atoms with E-state index in [2.05, 4.69) is 65.8 Å². The molecule has 3 aromatic carbocycles. The quantitative estimate of drug-likeness (QED) is 0.218. The van der Waals surface area contributed by atoms with Crippen molar-refractivity contribution in [1.82, 2.24) is 5.43 Å². The van der Waals surface area contributed by atoms with Crippen LogP contribution in [0.1, 0.15) is 17.3 Å². The first-order valence-corrected chi connectivity index (χ1v) is 11.6. The van der Waals surface area contributed by atoms with Gasteiger partial charge in [-0.15, -0.1) is 5.10 Å². The molecule has 29 heavy (non-hydrogen) atoms. The van der Waals surface area contributed by atoms with E-state index in [4.69, 9.17) is 5.11 Å². The summed E-state index contributed by atoms with van der Waals surface area (Å²) < 4.78 is 3.08. The molecule has 0 bridgehead atoms. The third-order valence-electron chi connectivity index (χ3n) is 3.56. The molecule has 1 amide bonds. The predicted molar refractivity (Wildman–Crippen MR) is 114 cm³/mol. The molecule has 0 atom stereocenters. The third-order valence-corrected chi connectivity index (χ3v) is 7.11. The first-order chi connectivity index (χ1) is 14.0. The van der Waals surface area contributed by atoms with Gasteiger partial charge in [-0.1, -0.05) is 12.1 Å². The summed E-state index contributed by atoms with van der Waals surface area (Å²) in [5.41, 5.74) is 1.94. The molecule has 3 N–H and O–H groups in total. The van der Waals surface area contributed by atoms with E-state index in [0.717, 1.165) is 6.92 Å². The number of carbonyl (C=O) groups is 2. The van der Waals surface area contributed by atoms with Crippen molar-refractivity contribution in [2.24, 2.45) is 5.10 Å². The third kappa shape index (κ3) is 7.79. The van der Waals surface area contributed by atoms with Crippen molar-refractivity contribution in [3.8, 4) is 5.75 Å². The Hall–Kier alpha value is -3.13. The maximum atomic E-state index is 11.4. The molecule has 0 unspecified atom stereocenters. The van der Waals surface area contributed by atoms with E-state index < -0.39 is 38.7 Å². The fourth-order valence-corrected chi connectivity index (χ4v) is 5.12. The number of aliphatic hydroxyl groups excluding tert-OH is 1. The molecule has 0 heterocycles. The summed E-state index contributed by atoms with van der Waals surface area (Å²) in [7, 11) is 0. The minimum absolute atomic E-state index is 0.00241. The number of amides is 1. The average Bonchev–Trinajstić information content (AvgIpc) is 2.74. The van der Waals surface area contributed by atoms with Crippen molar-refractivity contribution in [2.75, 3.05) is 0 Å². The van der Waals surface area contributed by atoms with Crippen LogP contribution in [0.2, 0.25) is 0 Å². The molecule has 2 radical (unpaired) electrons. The second-order valence-corrected chi connectivity index (χ2v) is 9.82. The Balaban J connectivity index is 0.000000211. The van der Waals surface area contributed by atoms with E-state index in [9.17, 15) is 14.7 Å². The maximum absolute atomic E-state index is 11.4. The first-order valence-electron chi connectivity index (χ1n) is 8.70. The van der Waals surface area contributed by atoms with E-state index in [0.29, 0.717) is 0 Å². The monoisotopic (exact) mass is 496 g/mol. The van der Waals surface area contributed by atoms with Gasteiger partial charge in [0.15, 0.2) is 0 Å². The molecule has 0 aromatic heterocycles. The number of Topliss-reactive ketones (excluding diaryl/α,β-unsaturated/α-hetero) is 1. The van der Waals surface area contributed by atoms with Crippen molar-refractivity contribution in [2.45, 2.75) is 6.92 Å². The Labute approximate surface area is 179 Å². The fraction of sp³-hybridized carbons (Fsp3) is 0.0455. The van der Waals surface area contributed by atoms with Gasteiger partial charge < -0.3 is 10.2 Å². The SMILES string of the molecule is CC(=O)C(O)=NNC(=O)c1ccccc1O.c1cc[c]([Sn][c]2ccccc2)cc1. The number of hydrogen-bond donors (Lipinski definition) is 3. The Morgan fingerprint density at radius 3 is 1.79 bits per heavy atom. The summed E-state index contributed by atoms with van der Waals surface area (Å²) in [6.45, 7) is 1.10. The number of aliphatic hydroxyl groups is 1. The number of aromatic hydroxyl groups is 1. The van der Waals surface area contributed by atoms with Crippen molar-refractivity contribution in [3.63, 3.8) is 0 Å². The Bertz CT molecular complexity index is 939. The zero-order valence-corrected chi connectivity index (χ0v) is 18.6. The van der Waals surface area contributed by atoms with Gasteiger partial charge in [-0.2, -0.15) is 0 Å². The molecular weight excluding hydrogens is 475 g/mol. The summed E-state index contributed by atoms with van der Waals surface area (Å²) in [6.07, 6.45) is 0. The van der Waals surface area contributed by atoms with E-state index in [1.165, 1.54) is 19.3 Å². The topological polar surface area (TPSA) is 99.0 Å². The molecule has 3 rings (SSSR count). The molecule has 0 aliphatic carbocycles. The van der Waals surface area contributed by atoms with Crippen LogP contribution >= 0.6 is 0 Å². The summed E-state index contributed by atoms with van der Waals surface area (Å²) >= 11 is -0.517. The van der Waals surface area contributed by atoms with E-state index in [1.807, 2.05) is 5.43 Å². The standard InChI is InChI=1S/C10H10N2O4.2C6H5.Sn/c1-6(13)9(15)11-12-10(16)7-4-2-3-5-8(7)14;2*1-2-4-6-5-3-1;/h2-5,14H,1H3,(H,11,15)(H,12,16);2*1-5H;. The van der Waals surface area contributed by atoms with Crippen molar-refractivity contribution < 1.29 is 19.8 Å². The van der Waals surface area contributed by atoms with Gasteiger partial charge in [0.25, 0.3) is 11.8 Å². The van der Waals surface area contributed by atoms with Gasteiger partial charge in [-0.05, 0) is 12.1 Å². The van der Waals surface area contributed by atoms with Crippen molar-refractivity contribution in [1.29, 1.82) is 0 Å². The number of ketones is 1. The number of phenolic OH excluding ortho intramolecular Hbond substituents is 1. The van der Waals surface area contributed by atoms with Crippen LogP contribution in [-0.4, -0.2) is 48.9 Å². The Morgan fingerprint density at radius 2 is 1.31 bits per heavy atom. The molecule has 3 aromatic rings. The van der Waals surface area contributed by atoms with Gasteiger partial charge >= 0.3 is 89.0 Å². The van der Waals surface area contributed by atoms with Gasteiger partial charge in [0.05, 0.1) is 5.56 Å². The predicted octanol–water partition coefficient (Wildman–Crippen LogP) is 1.92. The van der Waals surface area contributed by atoms with E-state index >= 15 is 0 Å². The molecule has 0 spiro atoms. The van der Waals surface area contributed by atoms with Crippen LogP contribution in [0.3, 0.4) is 0 Å². The van der Waals surface area contributed by atoms with Crippen LogP contribution in [0.15, 0.2) is 90.0 Å². The molecule has 0 aliphatic rings. The van der Waals surface area contributed by atoms with Gasteiger partial charge in [0.2, 0.25) is 5.78 Å². The van der Waals surface area contributed by atoms with Gasteiger partial charge in [0, 0.05) is 6.92 Å². The molecule has 0 aliphatic heterocycles. The van der Waals surface area contributed by atoms with Gasteiger partial charge in [-0.3, -0.25) is 9.59 Å². The Kier molecular flexibility index (Phi) is 8.90. The zero-order valence-electron chi connectivity index (χ0n) is 15.7. The van der Waals surface area contributed by atoms with Crippen LogP contribution in [0.5, 0.6) is 5.75 Å². The van der Waals surface area contributed by atoms with Gasteiger partial charge in [-0.25, -0.2) is 5.43 Å². The summed E-state index contributed by atoms with van der Waals surface area (Å²) in [5, 5.41) is 21.4.